The lowest BCUT2D eigenvalue weighted by Crippen LogP contribution is -2.21. The SMILES string of the molecule is CCOC(=O)C(=CSC)C(F)(F)F. The van der Waals surface area contributed by atoms with Crippen LogP contribution in [-0.4, -0.2) is 25.0 Å². The number of thioether (sulfide) groups is 1. The van der Waals surface area contributed by atoms with Crippen molar-refractivity contribution >= 4 is 17.7 Å². The van der Waals surface area contributed by atoms with Gasteiger partial charge in [0.05, 0.1) is 6.61 Å². The van der Waals surface area contributed by atoms with Crippen molar-refractivity contribution in [1.82, 2.24) is 0 Å². The van der Waals surface area contributed by atoms with Gasteiger partial charge in [0.2, 0.25) is 0 Å². The maximum atomic E-state index is 12.1. The van der Waals surface area contributed by atoms with Crippen molar-refractivity contribution in [3.8, 4) is 0 Å². The Balaban J connectivity index is 4.63. The third-order valence-corrected chi connectivity index (χ3v) is 1.51. The topological polar surface area (TPSA) is 26.3 Å². The second kappa shape index (κ2) is 5.16. The Bertz CT molecular complexity index is 210. The van der Waals surface area contributed by atoms with Gasteiger partial charge >= 0.3 is 12.1 Å². The Morgan fingerprint density at radius 1 is 1.54 bits per heavy atom. The fraction of sp³-hybridized carbons (Fsp3) is 0.571. The van der Waals surface area contributed by atoms with Crippen LogP contribution in [0.3, 0.4) is 0 Å². The summed E-state index contributed by atoms with van der Waals surface area (Å²) in [6.45, 7) is 1.38. The number of esters is 1. The summed E-state index contributed by atoms with van der Waals surface area (Å²) in [6, 6.07) is 0. The average molecular weight is 214 g/mol. The zero-order chi connectivity index (χ0) is 10.5. The minimum absolute atomic E-state index is 0.0688. The van der Waals surface area contributed by atoms with Gasteiger partial charge in [-0.2, -0.15) is 13.2 Å². The van der Waals surface area contributed by atoms with Crippen LogP contribution in [-0.2, 0) is 9.53 Å². The van der Waals surface area contributed by atoms with E-state index in [0.29, 0.717) is 0 Å². The summed E-state index contributed by atoms with van der Waals surface area (Å²) in [6.07, 6.45) is -3.21. The molecule has 0 radical (unpaired) electrons. The molecule has 6 heteroatoms. The molecule has 0 aliphatic heterocycles. The van der Waals surface area contributed by atoms with E-state index in [4.69, 9.17) is 0 Å². The van der Waals surface area contributed by atoms with Gasteiger partial charge < -0.3 is 4.74 Å². The van der Waals surface area contributed by atoms with Crippen LogP contribution in [0.5, 0.6) is 0 Å². The Hall–Kier alpha value is -0.650. The van der Waals surface area contributed by atoms with E-state index in [-0.39, 0.29) is 6.61 Å². The molecule has 0 bridgehead atoms. The van der Waals surface area contributed by atoms with Gasteiger partial charge in [-0.3, -0.25) is 0 Å². The number of hydrogen-bond acceptors (Lipinski definition) is 3. The van der Waals surface area contributed by atoms with Gasteiger partial charge in [-0.25, -0.2) is 4.79 Å². The predicted octanol–water partition coefficient (Wildman–Crippen LogP) is 2.36. The Kier molecular flexibility index (Phi) is 4.90. The van der Waals surface area contributed by atoms with Crippen molar-refractivity contribution in [2.45, 2.75) is 13.1 Å². The maximum Gasteiger partial charge on any atom is 0.423 e. The number of alkyl halides is 3. The molecule has 0 unspecified atom stereocenters. The third-order valence-electron chi connectivity index (χ3n) is 1.04. The van der Waals surface area contributed by atoms with Gasteiger partial charge in [0.15, 0.2) is 0 Å². The molecule has 0 fully saturated rings. The summed E-state index contributed by atoms with van der Waals surface area (Å²) in [7, 11) is 0. The van der Waals surface area contributed by atoms with E-state index >= 15 is 0 Å². The molecule has 0 amide bonds. The molecule has 0 aromatic heterocycles. The molecule has 0 aromatic rings. The molecule has 76 valence electrons. The van der Waals surface area contributed by atoms with Gasteiger partial charge in [-0.05, 0) is 18.6 Å². The molecule has 0 aliphatic rings. The first-order valence-corrected chi connectivity index (χ1v) is 4.69. The summed E-state index contributed by atoms with van der Waals surface area (Å²) >= 11 is 0.808. The first-order chi connectivity index (χ1) is 5.93. The highest BCUT2D eigenvalue weighted by Crippen LogP contribution is 2.28. The first-order valence-electron chi connectivity index (χ1n) is 3.40. The molecule has 0 saturated heterocycles. The number of halogens is 3. The van der Waals surface area contributed by atoms with Crippen molar-refractivity contribution in [1.29, 1.82) is 0 Å². The largest absolute Gasteiger partial charge is 0.462 e. The molecule has 0 atom stereocenters. The molecule has 0 N–H and O–H groups in total. The van der Waals surface area contributed by atoms with Crippen LogP contribution in [0.15, 0.2) is 11.0 Å². The zero-order valence-electron chi connectivity index (χ0n) is 7.14. The van der Waals surface area contributed by atoms with E-state index in [1.807, 2.05) is 0 Å². The van der Waals surface area contributed by atoms with Crippen LogP contribution < -0.4 is 0 Å². The number of rotatable bonds is 3. The van der Waals surface area contributed by atoms with Gasteiger partial charge in [-0.1, -0.05) is 0 Å². The highest BCUT2D eigenvalue weighted by molar-refractivity contribution is 8.01. The van der Waals surface area contributed by atoms with Gasteiger partial charge in [0.25, 0.3) is 0 Å². The van der Waals surface area contributed by atoms with E-state index in [2.05, 4.69) is 4.74 Å². The lowest BCUT2D eigenvalue weighted by Gasteiger charge is -2.09. The minimum atomic E-state index is -4.64. The molecule has 13 heavy (non-hydrogen) atoms. The maximum absolute atomic E-state index is 12.1. The first kappa shape index (κ1) is 12.3. The van der Waals surface area contributed by atoms with Crippen LogP contribution in [0.1, 0.15) is 6.92 Å². The van der Waals surface area contributed by atoms with Crippen molar-refractivity contribution < 1.29 is 22.7 Å². The quantitative estimate of drug-likeness (QED) is 0.533. The molecule has 0 aliphatic carbocycles. The lowest BCUT2D eigenvalue weighted by molar-refractivity contribution is -0.150. The van der Waals surface area contributed by atoms with Crippen LogP contribution in [0.2, 0.25) is 0 Å². The smallest absolute Gasteiger partial charge is 0.423 e. The molecule has 0 saturated carbocycles. The fourth-order valence-electron chi connectivity index (χ4n) is 0.557. The van der Waals surface area contributed by atoms with Crippen molar-refractivity contribution in [2.75, 3.05) is 12.9 Å². The molecule has 0 rings (SSSR count). The number of ether oxygens (including phenoxy) is 1. The molecule has 0 heterocycles. The summed E-state index contributed by atoms with van der Waals surface area (Å²) in [5, 5.41) is 0.734. The molecule has 0 aromatic carbocycles. The highest BCUT2D eigenvalue weighted by atomic mass is 32.2. The summed E-state index contributed by atoms with van der Waals surface area (Å²) < 4.78 is 40.5. The van der Waals surface area contributed by atoms with E-state index in [0.717, 1.165) is 17.2 Å². The van der Waals surface area contributed by atoms with E-state index in [9.17, 15) is 18.0 Å². The molecule has 0 spiro atoms. The summed E-state index contributed by atoms with van der Waals surface area (Å²) in [5.74, 6) is -1.33. The van der Waals surface area contributed by atoms with Crippen molar-refractivity contribution in [3.63, 3.8) is 0 Å². The van der Waals surface area contributed by atoms with Gasteiger partial charge in [-0.15, -0.1) is 11.8 Å². The Morgan fingerprint density at radius 2 is 2.08 bits per heavy atom. The fourth-order valence-corrected chi connectivity index (χ4v) is 1.02. The number of carbonyl (C=O) groups is 1. The van der Waals surface area contributed by atoms with Crippen LogP contribution in [0.4, 0.5) is 13.2 Å². The van der Waals surface area contributed by atoms with E-state index in [1.165, 1.54) is 13.2 Å². The normalized spacial score (nSPS) is 12.8. The number of hydrogen-bond donors (Lipinski definition) is 0. The summed E-state index contributed by atoms with van der Waals surface area (Å²) in [4.78, 5) is 10.8. The van der Waals surface area contributed by atoms with E-state index in [1.54, 1.807) is 0 Å². The van der Waals surface area contributed by atoms with Crippen LogP contribution in [0.25, 0.3) is 0 Å². The van der Waals surface area contributed by atoms with Crippen LogP contribution >= 0.6 is 11.8 Å². The molecule has 2 nitrogen and oxygen atoms in total. The second-order valence-corrected chi connectivity index (χ2v) is 2.69. The van der Waals surface area contributed by atoms with Crippen molar-refractivity contribution in [2.24, 2.45) is 0 Å². The van der Waals surface area contributed by atoms with E-state index < -0.39 is 17.7 Å². The van der Waals surface area contributed by atoms with Crippen molar-refractivity contribution in [3.05, 3.63) is 11.0 Å². The molecular formula is C7H9F3O2S. The minimum Gasteiger partial charge on any atom is -0.462 e. The Morgan fingerprint density at radius 3 is 2.38 bits per heavy atom. The summed E-state index contributed by atoms with van der Waals surface area (Å²) in [5.41, 5.74) is -1.26. The van der Waals surface area contributed by atoms with Crippen LogP contribution in [0, 0.1) is 0 Å². The predicted molar refractivity (Wildman–Crippen MR) is 44.3 cm³/mol. The zero-order valence-corrected chi connectivity index (χ0v) is 7.96. The van der Waals surface area contributed by atoms with Gasteiger partial charge in [0, 0.05) is 0 Å². The highest BCUT2D eigenvalue weighted by Gasteiger charge is 2.39. The average Bonchev–Trinajstić information content (AvgIpc) is 1.98. The third kappa shape index (κ3) is 4.21. The number of carbonyl (C=O) groups excluding carboxylic acids is 1. The second-order valence-electron chi connectivity index (χ2n) is 1.99. The Labute approximate surface area is 78.1 Å². The van der Waals surface area contributed by atoms with Gasteiger partial charge in [0.1, 0.15) is 5.57 Å². The monoisotopic (exact) mass is 214 g/mol. The lowest BCUT2D eigenvalue weighted by atomic mass is 10.3. The standard InChI is InChI=1S/C7H9F3O2S/c1-3-12-6(11)5(4-13-2)7(8,9)10/h4H,3H2,1-2H3. The molecular weight excluding hydrogens is 205 g/mol.